The lowest BCUT2D eigenvalue weighted by Crippen LogP contribution is -2.27. The Morgan fingerprint density at radius 1 is 1.33 bits per heavy atom. The molecule has 0 rings (SSSR count). The lowest BCUT2D eigenvalue weighted by Gasteiger charge is -2.12. The van der Waals surface area contributed by atoms with Gasteiger partial charge in [-0.25, -0.2) is 12.7 Å². The molecule has 0 aromatic rings. The van der Waals surface area contributed by atoms with Gasteiger partial charge >= 0.3 is 0 Å². The third kappa shape index (κ3) is 4.69. The minimum atomic E-state index is -3.09. The van der Waals surface area contributed by atoms with E-state index in [1.165, 1.54) is 18.4 Å². The molecule has 0 aliphatic heterocycles. The van der Waals surface area contributed by atoms with Crippen LogP contribution in [0.3, 0.4) is 0 Å². The summed E-state index contributed by atoms with van der Waals surface area (Å²) in [5, 5.41) is 0. The smallest absolute Gasteiger partial charge is 0.215 e. The highest BCUT2D eigenvalue weighted by Gasteiger charge is 2.12. The van der Waals surface area contributed by atoms with E-state index in [2.05, 4.69) is 0 Å². The lowest BCUT2D eigenvalue weighted by atomic mass is 10.5. The normalized spacial score (nSPS) is 12.8. The van der Waals surface area contributed by atoms with Crippen molar-refractivity contribution in [3.63, 3.8) is 0 Å². The van der Waals surface area contributed by atoms with Crippen LogP contribution in [0, 0.1) is 0 Å². The summed E-state index contributed by atoms with van der Waals surface area (Å²) in [7, 11) is -0.0484. The van der Waals surface area contributed by atoms with Crippen LogP contribution in [-0.4, -0.2) is 45.3 Å². The van der Waals surface area contributed by atoms with E-state index < -0.39 is 10.0 Å². The fraction of sp³-hybridized carbons (Fsp3) is 1.00. The zero-order valence-corrected chi connectivity index (χ0v) is 8.89. The van der Waals surface area contributed by atoms with Gasteiger partial charge in [0.2, 0.25) is 10.0 Å². The van der Waals surface area contributed by atoms with Gasteiger partial charge in [-0.05, 0) is 13.8 Å². The molecule has 0 radical (unpaired) electrons. The van der Waals surface area contributed by atoms with Gasteiger partial charge in [-0.1, -0.05) is 0 Å². The Morgan fingerprint density at radius 3 is 2.17 bits per heavy atom. The summed E-state index contributed by atoms with van der Waals surface area (Å²) >= 11 is 0. The van der Waals surface area contributed by atoms with Crippen LogP contribution < -0.4 is 0 Å². The van der Waals surface area contributed by atoms with Crippen molar-refractivity contribution in [3.05, 3.63) is 0 Å². The standard InChI is InChI=1S/C7H17NO3S/c1-7(2)11-5-6-12(9,10)8(3)4/h7H,5-6H2,1-4H3. The number of nitrogens with zero attached hydrogens (tertiary/aromatic N) is 1. The summed E-state index contributed by atoms with van der Waals surface area (Å²) in [5.74, 6) is 0.0537. The van der Waals surface area contributed by atoms with Gasteiger partial charge in [-0.2, -0.15) is 0 Å². The molecule has 0 aromatic heterocycles. The highest BCUT2D eigenvalue weighted by Crippen LogP contribution is 1.95. The Morgan fingerprint density at radius 2 is 1.83 bits per heavy atom. The van der Waals surface area contributed by atoms with Gasteiger partial charge in [-0.3, -0.25) is 0 Å². The van der Waals surface area contributed by atoms with Crippen molar-refractivity contribution in [2.24, 2.45) is 0 Å². The van der Waals surface area contributed by atoms with Crippen molar-refractivity contribution in [2.45, 2.75) is 20.0 Å². The molecule has 0 aliphatic rings. The molecule has 4 nitrogen and oxygen atoms in total. The second kappa shape index (κ2) is 4.79. The first-order valence-corrected chi connectivity index (χ1v) is 5.49. The van der Waals surface area contributed by atoms with Crippen LogP contribution in [-0.2, 0) is 14.8 Å². The van der Waals surface area contributed by atoms with E-state index in [9.17, 15) is 8.42 Å². The van der Waals surface area contributed by atoms with E-state index in [-0.39, 0.29) is 18.5 Å². The summed E-state index contributed by atoms with van der Waals surface area (Å²) in [4.78, 5) is 0. The Bertz CT molecular complexity index is 209. The zero-order chi connectivity index (χ0) is 9.78. The van der Waals surface area contributed by atoms with Crippen molar-refractivity contribution in [1.82, 2.24) is 4.31 Å². The Kier molecular flexibility index (Phi) is 4.74. The highest BCUT2D eigenvalue weighted by molar-refractivity contribution is 7.89. The molecule has 0 unspecified atom stereocenters. The number of ether oxygens (including phenoxy) is 1. The average molecular weight is 195 g/mol. The molecular weight excluding hydrogens is 178 g/mol. The number of hydrogen-bond donors (Lipinski definition) is 0. The molecule has 0 heterocycles. The molecule has 5 heteroatoms. The van der Waals surface area contributed by atoms with Crippen molar-refractivity contribution in [3.8, 4) is 0 Å². The quantitative estimate of drug-likeness (QED) is 0.634. The van der Waals surface area contributed by atoms with Gasteiger partial charge in [0.25, 0.3) is 0 Å². The largest absolute Gasteiger partial charge is 0.378 e. The summed E-state index contributed by atoms with van der Waals surface area (Å²) in [6.07, 6.45) is 0.0855. The number of sulfonamides is 1. The molecule has 0 fully saturated rings. The minimum absolute atomic E-state index is 0.0537. The first kappa shape index (κ1) is 11.9. The van der Waals surface area contributed by atoms with E-state index >= 15 is 0 Å². The summed E-state index contributed by atoms with van der Waals surface area (Å²) in [6, 6.07) is 0. The van der Waals surface area contributed by atoms with Crippen LogP contribution >= 0.6 is 0 Å². The van der Waals surface area contributed by atoms with Crippen LogP contribution in [0.2, 0.25) is 0 Å². The van der Waals surface area contributed by atoms with Crippen LogP contribution in [0.4, 0.5) is 0 Å². The molecular formula is C7H17NO3S. The number of hydrogen-bond acceptors (Lipinski definition) is 3. The Hall–Kier alpha value is -0.130. The van der Waals surface area contributed by atoms with Gasteiger partial charge in [0.1, 0.15) is 0 Å². The maximum absolute atomic E-state index is 11.2. The molecule has 0 saturated heterocycles. The molecule has 74 valence electrons. The van der Waals surface area contributed by atoms with Gasteiger partial charge in [0, 0.05) is 14.1 Å². The molecule has 0 amide bonds. The lowest BCUT2D eigenvalue weighted by molar-refractivity contribution is 0.0908. The van der Waals surface area contributed by atoms with Gasteiger partial charge in [0.15, 0.2) is 0 Å². The van der Waals surface area contributed by atoms with Gasteiger partial charge < -0.3 is 4.74 Å². The van der Waals surface area contributed by atoms with Crippen molar-refractivity contribution in [1.29, 1.82) is 0 Å². The molecule has 12 heavy (non-hydrogen) atoms. The monoisotopic (exact) mass is 195 g/mol. The topological polar surface area (TPSA) is 46.6 Å². The average Bonchev–Trinajstić information content (AvgIpc) is 1.85. The SMILES string of the molecule is CC(C)OCCS(=O)(=O)N(C)C. The second-order valence-electron chi connectivity index (χ2n) is 3.02. The summed E-state index contributed by atoms with van der Waals surface area (Å²) in [5.41, 5.74) is 0. The second-order valence-corrected chi connectivity index (χ2v) is 5.32. The van der Waals surface area contributed by atoms with E-state index in [0.717, 1.165) is 0 Å². The van der Waals surface area contributed by atoms with Crippen molar-refractivity contribution in [2.75, 3.05) is 26.5 Å². The van der Waals surface area contributed by atoms with E-state index in [0.29, 0.717) is 0 Å². The number of rotatable bonds is 5. The van der Waals surface area contributed by atoms with Crippen molar-refractivity contribution >= 4 is 10.0 Å². The maximum atomic E-state index is 11.2. The van der Waals surface area contributed by atoms with Crippen LogP contribution in [0.5, 0.6) is 0 Å². The Balaban J connectivity index is 3.79. The van der Waals surface area contributed by atoms with Crippen LogP contribution in [0.1, 0.15) is 13.8 Å². The molecule has 0 saturated carbocycles. The molecule has 0 aliphatic carbocycles. The predicted octanol–water partition coefficient (Wildman–Crippen LogP) is 0.303. The third-order valence-electron chi connectivity index (χ3n) is 1.35. The van der Waals surface area contributed by atoms with Crippen molar-refractivity contribution < 1.29 is 13.2 Å². The molecule has 0 N–H and O–H groups in total. The molecule has 0 atom stereocenters. The summed E-state index contributed by atoms with van der Waals surface area (Å²) < 4.78 is 28.6. The fourth-order valence-electron chi connectivity index (χ4n) is 0.572. The van der Waals surface area contributed by atoms with Gasteiger partial charge in [0.05, 0.1) is 18.5 Å². The van der Waals surface area contributed by atoms with Crippen LogP contribution in [0.25, 0.3) is 0 Å². The first-order chi connectivity index (χ1) is 5.36. The maximum Gasteiger partial charge on any atom is 0.215 e. The highest BCUT2D eigenvalue weighted by atomic mass is 32.2. The molecule has 0 aromatic carbocycles. The first-order valence-electron chi connectivity index (χ1n) is 3.88. The molecule has 0 bridgehead atoms. The molecule has 0 spiro atoms. The van der Waals surface area contributed by atoms with E-state index in [1.807, 2.05) is 13.8 Å². The predicted molar refractivity (Wildman–Crippen MR) is 48.6 cm³/mol. The van der Waals surface area contributed by atoms with E-state index in [1.54, 1.807) is 0 Å². The fourth-order valence-corrected chi connectivity index (χ4v) is 1.24. The zero-order valence-electron chi connectivity index (χ0n) is 8.07. The van der Waals surface area contributed by atoms with E-state index in [4.69, 9.17) is 4.74 Å². The summed E-state index contributed by atoms with van der Waals surface area (Å²) in [6.45, 7) is 4.02. The third-order valence-corrected chi connectivity index (χ3v) is 3.14. The minimum Gasteiger partial charge on any atom is -0.378 e. The van der Waals surface area contributed by atoms with Crippen LogP contribution in [0.15, 0.2) is 0 Å². The van der Waals surface area contributed by atoms with Gasteiger partial charge in [-0.15, -0.1) is 0 Å². The Labute approximate surface area is 74.6 Å².